The number of rotatable bonds is 8. The largest absolute Gasteiger partial charge is 0.488 e. The Kier molecular flexibility index (Phi) is 12.0. The van der Waals surface area contributed by atoms with Crippen LogP contribution in [0.25, 0.3) is 0 Å². The average Bonchev–Trinajstić information content (AvgIpc) is 2.88. The van der Waals surface area contributed by atoms with Gasteiger partial charge in [-0.1, -0.05) is 37.1 Å². The maximum Gasteiger partial charge on any atom is 0.120 e. The van der Waals surface area contributed by atoms with Crippen molar-refractivity contribution >= 4 is 0 Å². The fourth-order valence-corrected chi connectivity index (χ4v) is 5.18. The van der Waals surface area contributed by atoms with Gasteiger partial charge in [0.05, 0.1) is 0 Å². The summed E-state index contributed by atoms with van der Waals surface area (Å²) in [5, 5.41) is 7.21. The Hall–Kier alpha value is -2.04. The summed E-state index contributed by atoms with van der Waals surface area (Å²) >= 11 is 0. The second-order valence-electron chi connectivity index (χ2n) is 13.1. The first-order valence-electron chi connectivity index (χ1n) is 15.1. The number of benzene rings is 2. The van der Waals surface area contributed by atoms with Gasteiger partial charge < -0.3 is 20.1 Å². The fraction of sp³-hybridized carbons (Fsp3) is 0.647. The quantitative estimate of drug-likeness (QED) is 0.370. The maximum atomic E-state index is 5.84. The van der Waals surface area contributed by atoms with E-state index >= 15 is 0 Å². The van der Waals surface area contributed by atoms with Crippen molar-refractivity contribution in [2.75, 3.05) is 13.1 Å². The van der Waals surface area contributed by atoms with Crippen LogP contribution in [0.15, 0.2) is 48.5 Å². The second kappa shape index (κ2) is 14.9. The van der Waals surface area contributed by atoms with E-state index in [-0.39, 0.29) is 11.2 Å². The third-order valence-corrected chi connectivity index (χ3v) is 7.08. The standard InChI is InChI=1S/2C17H27NO/c2*1-17(2,3)19-16-11-8-14(9-12-16)7-10-15-6-4-5-13-18-15/h2*8-9,11-12,15,18H,4-7,10,13H2,1-3H3/t15-;/m1./s1. The Bertz CT molecular complexity index is 820. The van der Waals surface area contributed by atoms with Crippen LogP contribution in [-0.4, -0.2) is 36.4 Å². The van der Waals surface area contributed by atoms with Crippen molar-refractivity contribution in [1.29, 1.82) is 0 Å². The van der Waals surface area contributed by atoms with Gasteiger partial charge in [-0.15, -0.1) is 0 Å². The van der Waals surface area contributed by atoms with Crippen molar-refractivity contribution in [1.82, 2.24) is 10.6 Å². The minimum absolute atomic E-state index is 0.118. The molecule has 0 bridgehead atoms. The molecule has 0 spiro atoms. The van der Waals surface area contributed by atoms with Gasteiger partial charge in [-0.2, -0.15) is 0 Å². The molecule has 2 N–H and O–H groups in total. The van der Waals surface area contributed by atoms with Crippen LogP contribution in [0.4, 0.5) is 0 Å². The predicted molar refractivity (Wildman–Crippen MR) is 162 cm³/mol. The molecular weight excluding hydrogens is 468 g/mol. The first-order valence-corrected chi connectivity index (χ1v) is 15.1. The summed E-state index contributed by atoms with van der Waals surface area (Å²) in [7, 11) is 0. The first-order chi connectivity index (χ1) is 18.1. The van der Waals surface area contributed by atoms with E-state index in [4.69, 9.17) is 9.47 Å². The zero-order valence-electron chi connectivity index (χ0n) is 25.1. The fourth-order valence-electron chi connectivity index (χ4n) is 5.18. The van der Waals surface area contributed by atoms with Crippen LogP contribution in [0.3, 0.4) is 0 Å². The Morgan fingerprint density at radius 3 is 1.24 bits per heavy atom. The van der Waals surface area contributed by atoms with Gasteiger partial charge in [0.15, 0.2) is 0 Å². The van der Waals surface area contributed by atoms with E-state index in [1.807, 2.05) is 0 Å². The molecule has 2 atom stereocenters. The molecule has 212 valence electrons. The zero-order valence-corrected chi connectivity index (χ0v) is 25.1. The molecule has 0 amide bonds. The molecule has 2 aliphatic rings. The maximum absolute atomic E-state index is 5.84. The highest BCUT2D eigenvalue weighted by molar-refractivity contribution is 5.28. The van der Waals surface area contributed by atoms with Crippen LogP contribution in [0.2, 0.25) is 0 Å². The van der Waals surface area contributed by atoms with Crippen molar-refractivity contribution < 1.29 is 9.47 Å². The van der Waals surface area contributed by atoms with Crippen molar-refractivity contribution in [3.05, 3.63) is 59.7 Å². The van der Waals surface area contributed by atoms with Crippen molar-refractivity contribution in [2.24, 2.45) is 0 Å². The lowest BCUT2D eigenvalue weighted by Crippen LogP contribution is -2.34. The van der Waals surface area contributed by atoms with Gasteiger partial charge in [0.1, 0.15) is 22.7 Å². The van der Waals surface area contributed by atoms with Gasteiger partial charge in [0, 0.05) is 12.1 Å². The number of hydrogen-bond donors (Lipinski definition) is 2. The summed E-state index contributed by atoms with van der Waals surface area (Å²) in [4.78, 5) is 0. The Labute approximate surface area is 233 Å². The number of piperidine rings is 2. The molecule has 0 radical (unpaired) electrons. The van der Waals surface area contributed by atoms with Gasteiger partial charge >= 0.3 is 0 Å². The van der Waals surface area contributed by atoms with E-state index in [1.165, 1.54) is 75.6 Å². The smallest absolute Gasteiger partial charge is 0.120 e. The van der Waals surface area contributed by atoms with Crippen LogP contribution < -0.4 is 20.1 Å². The average molecular weight is 523 g/mol. The molecule has 4 nitrogen and oxygen atoms in total. The van der Waals surface area contributed by atoms with Crippen molar-refractivity contribution in [2.45, 2.75) is 129 Å². The summed E-state index contributed by atoms with van der Waals surface area (Å²) < 4.78 is 11.7. The highest BCUT2D eigenvalue weighted by atomic mass is 16.5. The van der Waals surface area contributed by atoms with Crippen LogP contribution in [0.5, 0.6) is 11.5 Å². The molecule has 0 aliphatic carbocycles. The van der Waals surface area contributed by atoms with Gasteiger partial charge in [-0.25, -0.2) is 0 Å². The Morgan fingerprint density at radius 2 is 0.947 bits per heavy atom. The highest BCUT2D eigenvalue weighted by Crippen LogP contribution is 2.21. The number of hydrogen-bond acceptors (Lipinski definition) is 4. The van der Waals surface area contributed by atoms with Gasteiger partial charge in [-0.05, 0) is 141 Å². The molecule has 2 aliphatic heterocycles. The third kappa shape index (κ3) is 12.7. The van der Waals surface area contributed by atoms with Gasteiger partial charge in [-0.3, -0.25) is 0 Å². The minimum atomic E-state index is -0.118. The molecule has 2 heterocycles. The number of nitrogens with one attached hydrogen (secondary N) is 2. The van der Waals surface area contributed by atoms with E-state index in [0.717, 1.165) is 36.4 Å². The first kappa shape index (κ1) is 30.5. The molecule has 0 saturated carbocycles. The highest BCUT2D eigenvalue weighted by Gasteiger charge is 2.15. The molecule has 2 aromatic rings. The summed E-state index contributed by atoms with van der Waals surface area (Å²) in [6.07, 6.45) is 13.0. The molecule has 2 saturated heterocycles. The minimum Gasteiger partial charge on any atom is -0.488 e. The van der Waals surface area contributed by atoms with Crippen LogP contribution >= 0.6 is 0 Å². The molecular formula is C34H54N2O2. The summed E-state index contributed by atoms with van der Waals surface area (Å²) in [5.41, 5.74) is 2.59. The molecule has 2 fully saturated rings. The molecule has 0 aromatic heterocycles. The van der Waals surface area contributed by atoms with Gasteiger partial charge in [0.25, 0.3) is 0 Å². The lowest BCUT2D eigenvalue weighted by Gasteiger charge is -2.23. The number of aryl methyl sites for hydroxylation is 2. The topological polar surface area (TPSA) is 42.5 Å². The summed E-state index contributed by atoms with van der Waals surface area (Å²) in [6.45, 7) is 14.9. The molecule has 38 heavy (non-hydrogen) atoms. The zero-order chi connectivity index (χ0) is 27.4. The van der Waals surface area contributed by atoms with Crippen molar-refractivity contribution in [3.8, 4) is 11.5 Å². The molecule has 2 aromatic carbocycles. The van der Waals surface area contributed by atoms with Crippen LogP contribution in [0, 0.1) is 0 Å². The third-order valence-electron chi connectivity index (χ3n) is 7.08. The number of ether oxygens (including phenoxy) is 2. The molecule has 4 rings (SSSR count). The molecule has 4 heteroatoms. The lowest BCUT2D eigenvalue weighted by molar-refractivity contribution is 0.130. The van der Waals surface area contributed by atoms with E-state index in [1.54, 1.807) is 0 Å². The SMILES string of the molecule is CC(C)(C)Oc1ccc(CCC2CCCCN2)cc1.CC(C)(C)Oc1ccc(CC[C@H]2CCCCN2)cc1. The van der Waals surface area contributed by atoms with E-state index in [0.29, 0.717) is 0 Å². The van der Waals surface area contributed by atoms with E-state index in [2.05, 4.69) is 101 Å². The summed E-state index contributed by atoms with van der Waals surface area (Å²) in [6, 6.07) is 18.6. The predicted octanol–water partition coefficient (Wildman–Crippen LogP) is 7.88. The van der Waals surface area contributed by atoms with E-state index in [9.17, 15) is 0 Å². The summed E-state index contributed by atoms with van der Waals surface area (Å²) in [5.74, 6) is 1.93. The second-order valence-corrected chi connectivity index (χ2v) is 13.1. The Balaban J connectivity index is 0.000000211. The monoisotopic (exact) mass is 522 g/mol. The molecule has 1 unspecified atom stereocenters. The van der Waals surface area contributed by atoms with Crippen LogP contribution in [0.1, 0.15) is 104 Å². The van der Waals surface area contributed by atoms with Gasteiger partial charge in [0.2, 0.25) is 0 Å². The van der Waals surface area contributed by atoms with Crippen molar-refractivity contribution in [3.63, 3.8) is 0 Å². The lowest BCUT2D eigenvalue weighted by atomic mass is 9.98. The normalized spacial score (nSPS) is 20.3. The van der Waals surface area contributed by atoms with E-state index < -0.39 is 0 Å². The van der Waals surface area contributed by atoms with Crippen LogP contribution in [-0.2, 0) is 12.8 Å². The Morgan fingerprint density at radius 1 is 0.579 bits per heavy atom.